The molecular formula is C9H9N3O2S. The molecule has 0 saturated heterocycles. The summed E-state index contributed by atoms with van der Waals surface area (Å²) in [6.07, 6.45) is 4.75. The van der Waals surface area contributed by atoms with E-state index in [4.69, 9.17) is 4.42 Å². The van der Waals surface area contributed by atoms with E-state index in [0.29, 0.717) is 17.3 Å². The van der Waals surface area contributed by atoms with E-state index in [9.17, 15) is 4.79 Å². The fraction of sp³-hybridized carbons (Fsp3) is 0.222. The van der Waals surface area contributed by atoms with Crippen LogP contribution in [0.25, 0.3) is 11.6 Å². The van der Waals surface area contributed by atoms with Gasteiger partial charge in [0.1, 0.15) is 17.7 Å². The van der Waals surface area contributed by atoms with Gasteiger partial charge in [-0.2, -0.15) is 5.10 Å². The zero-order chi connectivity index (χ0) is 10.8. The van der Waals surface area contributed by atoms with Crippen LogP contribution in [0.5, 0.6) is 0 Å². The van der Waals surface area contributed by atoms with Crippen LogP contribution < -0.4 is 0 Å². The number of hydrogen-bond donors (Lipinski definition) is 0. The number of aryl methyl sites for hydroxylation is 1. The number of thioether (sulfide) groups is 1. The average Bonchev–Trinajstić information content (AvgIpc) is 2.84. The third-order valence-electron chi connectivity index (χ3n) is 1.93. The van der Waals surface area contributed by atoms with Gasteiger partial charge in [0, 0.05) is 13.1 Å². The lowest BCUT2D eigenvalue weighted by Crippen LogP contribution is -2.02. The first-order valence-corrected chi connectivity index (χ1v) is 5.47. The van der Waals surface area contributed by atoms with Crippen molar-refractivity contribution < 1.29 is 9.21 Å². The molecule has 0 radical (unpaired) electrons. The van der Waals surface area contributed by atoms with Gasteiger partial charge in [-0.15, -0.1) is 0 Å². The number of oxazole rings is 1. The predicted molar refractivity (Wildman–Crippen MR) is 56.6 cm³/mol. The summed E-state index contributed by atoms with van der Waals surface area (Å²) in [5.41, 5.74) is 1.11. The van der Waals surface area contributed by atoms with Crippen LogP contribution in [0.3, 0.4) is 0 Å². The van der Waals surface area contributed by atoms with Crippen LogP contribution in [0.2, 0.25) is 0 Å². The van der Waals surface area contributed by atoms with Crippen LogP contribution in [-0.4, -0.2) is 26.1 Å². The SMILES string of the molecule is CSC(=O)c1cc(-c2ncco2)nn1C. The molecule has 0 aliphatic rings. The van der Waals surface area contributed by atoms with Gasteiger partial charge in [-0.3, -0.25) is 9.48 Å². The molecule has 2 aromatic heterocycles. The van der Waals surface area contributed by atoms with Gasteiger partial charge < -0.3 is 4.42 Å². The van der Waals surface area contributed by atoms with Crippen molar-refractivity contribution in [3.05, 3.63) is 24.2 Å². The van der Waals surface area contributed by atoms with Gasteiger partial charge in [0.25, 0.3) is 0 Å². The van der Waals surface area contributed by atoms with Crippen LogP contribution in [0.4, 0.5) is 0 Å². The molecule has 6 heteroatoms. The summed E-state index contributed by atoms with van der Waals surface area (Å²) in [5.74, 6) is 0.422. The van der Waals surface area contributed by atoms with Crippen LogP contribution in [0.15, 0.2) is 22.9 Å². The van der Waals surface area contributed by atoms with Crippen LogP contribution in [0.1, 0.15) is 10.5 Å². The van der Waals surface area contributed by atoms with E-state index in [1.807, 2.05) is 0 Å². The third-order valence-corrected chi connectivity index (χ3v) is 2.51. The molecule has 78 valence electrons. The molecule has 0 unspecified atom stereocenters. The second-order valence-electron chi connectivity index (χ2n) is 2.87. The summed E-state index contributed by atoms with van der Waals surface area (Å²) in [6.45, 7) is 0. The maximum atomic E-state index is 11.5. The first-order valence-electron chi connectivity index (χ1n) is 4.24. The topological polar surface area (TPSA) is 60.9 Å². The maximum Gasteiger partial charge on any atom is 0.246 e. The molecule has 0 fully saturated rings. The number of carbonyl (C=O) groups is 1. The van der Waals surface area contributed by atoms with E-state index in [1.165, 1.54) is 10.9 Å². The Balaban J connectivity index is 2.41. The summed E-state index contributed by atoms with van der Waals surface area (Å²) in [4.78, 5) is 15.4. The zero-order valence-corrected chi connectivity index (χ0v) is 9.11. The average molecular weight is 223 g/mol. The summed E-state index contributed by atoms with van der Waals surface area (Å²) < 4.78 is 6.62. The minimum absolute atomic E-state index is 0.0252. The van der Waals surface area contributed by atoms with E-state index in [2.05, 4.69) is 10.1 Å². The molecule has 0 saturated carbocycles. The van der Waals surface area contributed by atoms with E-state index in [1.54, 1.807) is 25.6 Å². The van der Waals surface area contributed by atoms with Crippen LogP contribution in [0, 0.1) is 0 Å². The molecule has 15 heavy (non-hydrogen) atoms. The van der Waals surface area contributed by atoms with Gasteiger partial charge in [0.05, 0.1) is 6.20 Å². The maximum absolute atomic E-state index is 11.5. The van der Waals surface area contributed by atoms with Crippen molar-refractivity contribution in [3.63, 3.8) is 0 Å². The first kappa shape index (κ1) is 9.97. The van der Waals surface area contributed by atoms with Gasteiger partial charge in [-0.25, -0.2) is 4.98 Å². The molecule has 0 aliphatic heterocycles. The monoisotopic (exact) mass is 223 g/mol. The van der Waals surface area contributed by atoms with Crippen LogP contribution >= 0.6 is 11.8 Å². The largest absolute Gasteiger partial charge is 0.443 e. The summed E-state index contributed by atoms with van der Waals surface area (Å²) >= 11 is 1.15. The van der Waals surface area contributed by atoms with E-state index in [0.717, 1.165) is 11.8 Å². The van der Waals surface area contributed by atoms with Crippen molar-refractivity contribution in [2.75, 3.05) is 6.26 Å². The molecule has 2 aromatic rings. The molecule has 0 aliphatic carbocycles. The molecule has 0 aromatic carbocycles. The number of hydrogen-bond acceptors (Lipinski definition) is 5. The molecule has 2 heterocycles. The van der Waals surface area contributed by atoms with Crippen molar-refractivity contribution in [1.82, 2.24) is 14.8 Å². The van der Waals surface area contributed by atoms with Crippen molar-refractivity contribution >= 4 is 16.9 Å². The first-order chi connectivity index (χ1) is 7.22. The van der Waals surface area contributed by atoms with Gasteiger partial charge in [0.2, 0.25) is 11.0 Å². The Morgan fingerprint density at radius 3 is 3.00 bits per heavy atom. The zero-order valence-electron chi connectivity index (χ0n) is 8.30. The molecule has 0 atom stereocenters. The summed E-state index contributed by atoms with van der Waals surface area (Å²) in [7, 11) is 1.72. The number of aromatic nitrogens is 3. The van der Waals surface area contributed by atoms with Gasteiger partial charge in [0.15, 0.2) is 0 Å². The molecule has 0 N–H and O–H groups in total. The second-order valence-corrected chi connectivity index (χ2v) is 3.65. The highest BCUT2D eigenvalue weighted by atomic mass is 32.2. The summed E-state index contributed by atoms with van der Waals surface area (Å²) in [5, 5.41) is 4.12. The van der Waals surface area contributed by atoms with Gasteiger partial charge in [-0.05, 0) is 6.26 Å². The Morgan fingerprint density at radius 1 is 1.60 bits per heavy atom. The Hall–Kier alpha value is -1.56. The normalized spacial score (nSPS) is 10.5. The van der Waals surface area contributed by atoms with E-state index >= 15 is 0 Å². The smallest absolute Gasteiger partial charge is 0.246 e. The molecule has 0 spiro atoms. The van der Waals surface area contributed by atoms with E-state index < -0.39 is 0 Å². The minimum atomic E-state index is -0.0252. The Labute approximate surface area is 90.5 Å². The number of rotatable bonds is 2. The van der Waals surface area contributed by atoms with Crippen molar-refractivity contribution in [1.29, 1.82) is 0 Å². The molecule has 2 rings (SSSR count). The number of nitrogens with zero attached hydrogens (tertiary/aromatic N) is 3. The Kier molecular flexibility index (Phi) is 2.59. The minimum Gasteiger partial charge on any atom is -0.443 e. The van der Waals surface area contributed by atoms with Crippen LogP contribution in [-0.2, 0) is 7.05 Å². The van der Waals surface area contributed by atoms with E-state index in [-0.39, 0.29) is 5.12 Å². The summed E-state index contributed by atoms with van der Waals surface area (Å²) in [6, 6.07) is 1.67. The highest BCUT2D eigenvalue weighted by molar-refractivity contribution is 8.13. The molecule has 0 amide bonds. The van der Waals surface area contributed by atoms with Crippen molar-refractivity contribution in [2.24, 2.45) is 7.05 Å². The van der Waals surface area contributed by atoms with Crippen molar-refractivity contribution in [2.45, 2.75) is 0 Å². The number of carbonyl (C=O) groups excluding carboxylic acids is 1. The molecular weight excluding hydrogens is 214 g/mol. The lowest BCUT2D eigenvalue weighted by molar-refractivity contribution is 0.108. The fourth-order valence-corrected chi connectivity index (χ4v) is 1.62. The lowest BCUT2D eigenvalue weighted by atomic mass is 10.3. The standard InChI is InChI=1S/C9H9N3O2S/c1-12-7(9(13)15-2)5-6(11-12)8-10-3-4-14-8/h3-5H,1-2H3. The third kappa shape index (κ3) is 1.80. The Bertz CT molecular complexity index is 476. The molecule has 0 bridgehead atoms. The molecule has 5 nitrogen and oxygen atoms in total. The fourth-order valence-electron chi connectivity index (χ4n) is 1.22. The van der Waals surface area contributed by atoms with Gasteiger partial charge >= 0.3 is 0 Å². The Morgan fingerprint density at radius 2 is 2.40 bits per heavy atom. The lowest BCUT2D eigenvalue weighted by Gasteiger charge is -1.94. The highest BCUT2D eigenvalue weighted by Gasteiger charge is 2.15. The quantitative estimate of drug-likeness (QED) is 0.773. The van der Waals surface area contributed by atoms with Gasteiger partial charge in [-0.1, -0.05) is 11.8 Å². The van der Waals surface area contributed by atoms with Crippen molar-refractivity contribution in [3.8, 4) is 11.6 Å². The predicted octanol–water partition coefficient (Wildman–Crippen LogP) is 1.58. The second kappa shape index (κ2) is 3.90. The highest BCUT2D eigenvalue weighted by Crippen LogP contribution is 2.18.